The molecule has 2 nitrogen and oxygen atoms in total. The number of aromatic nitrogens is 1. The molecule has 0 radical (unpaired) electrons. The van der Waals surface area contributed by atoms with Crippen molar-refractivity contribution in [2.75, 3.05) is 6.54 Å². The summed E-state index contributed by atoms with van der Waals surface area (Å²) in [7, 11) is 0. The van der Waals surface area contributed by atoms with E-state index < -0.39 is 0 Å². The van der Waals surface area contributed by atoms with Crippen LogP contribution < -0.4 is 5.32 Å². The highest BCUT2D eigenvalue weighted by atomic mass is 19.1. The number of aryl methyl sites for hydroxylation is 1. The van der Waals surface area contributed by atoms with Gasteiger partial charge in [-0.1, -0.05) is 38.1 Å². The van der Waals surface area contributed by atoms with Gasteiger partial charge in [-0.15, -0.1) is 0 Å². The monoisotopic (exact) mass is 286 g/mol. The van der Waals surface area contributed by atoms with E-state index in [1.54, 1.807) is 19.2 Å². The quantitative estimate of drug-likeness (QED) is 0.852. The lowest BCUT2D eigenvalue weighted by Gasteiger charge is -2.26. The lowest BCUT2D eigenvalue weighted by Crippen LogP contribution is -2.28. The lowest BCUT2D eigenvalue weighted by atomic mass is 9.90. The van der Waals surface area contributed by atoms with Crippen LogP contribution in [-0.2, 0) is 0 Å². The Balaban J connectivity index is 2.36. The molecule has 112 valence electrons. The van der Waals surface area contributed by atoms with Crippen LogP contribution in [0.4, 0.5) is 4.39 Å². The summed E-state index contributed by atoms with van der Waals surface area (Å²) < 4.78 is 14.5. The van der Waals surface area contributed by atoms with Gasteiger partial charge in [0, 0.05) is 29.4 Å². The molecule has 1 N–H and O–H groups in total. The van der Waals surface area contributed by atoms with Crippen molar-refractivity contribution in [3.8, 4) is 0 Å². The first-order valence-electron chi connectivity index (χ1n) is 7.54. The zero-order chi connectivity index (χ0) is 15.2. The third kappa shape index (κ3) is 3.67. The molecule has 0 saturated carbocycles. The second kappa shape index (κ2) is 7.32. The van der Waals surface area contributed by atoms with Crippen LogP contribution in [0.1, 0.15) is 49.0 Å². The fraction of sp³-hybridized carbons (Fsp3) is 0.389. The molecule has 1 heterocycles. The van der Waals surface area contributed by atoms with Gasteiger partial charge in [0.15, 0.2) is 0 Å². The zero-order valence-electron chi connectivity index (χ0n) is 12.9. The van der Waals surface area contributed by atoms with Crippen molar-refractivity contribution >= 4 is 0 Å². The van der Waals surface area contributed by atoms with E-state index in [-0.39, 0.29) is 17.8 Å². The van der Waals surface area contributed by atoms with E-state index in [0.717, 1.165) is 24.2 Å². The van der Waals surface area contributed by atoms with Crippen molar-refractivity contribution in [3.05, 3.63) is 65.2 Å². The predicted octanol–water partition coefficient (Wildman–Crippen LogP) is 4.37. The first-order chi connectivity index (χ1) is 10.1. The molecule has 0 bridgehead atoms. The maximum absolute atomic E-state index is 14.5. The highest BCUT2D eigenvalue weighted by Crippen LogP contribution is 2.31. The molecule has 0 aliphatic heterocycles. The number of hydrogen-bond donors (Lipinski definition) is 1. The molecule has 2 atom stereocenters. The van der Waals surface area contributed by atoms with E-state index in [0.29, 0.717) is 5.56 Å². The van der Waals surface area contributed by atoms with Crippen LogP contribution in [-0.4, -0.2) is 11.5 Å². The molecule has 0 saturated heterocycles. The van der Waals surface area contributed by atoms with E-state index in [1.165, 1.54) is 0 Å². The number of halogens is 1. The lowest BCUT2D eigenvalue weighted by molar-refractivity contribution is 0.439. The fourth-order valence-corrected chi connectivity index (χ4v) is 2.58. The number of nitrogens with one attached hydrogen (secondary N) is 1. The summed E-state index contributed by atoms with van der Waals surface area (Å²) in [6.45, 7) is 6.87. The van der Waals surface area contributed by atoms with Gasteiger partial charge in [-0.05, 0) is 37.6 Å². The van der Waals surface area contributed by atoms with Crippen LogP contribution in [0.25, 0.3) is 0 Å². The van der Waals surface area contributed by atoms with Gasteiger partial charge >= 0.3 is 0 Å². The number of hydrogen-bond acceptors (Lipinski definition) is 2. The van der Waals surface area contributed by atoms with Crippen LogP contribution in [0.15, 0.2) is 42.6 Å². The number of pyridine rings is 1. The Labute approximate surface area is 126 Å². The number of rotatable bonds is 6. The molecule has 0 fully saturated rings. The molecule has 1 aromatic heterocycles. The summed E-state index contributed by atoms with van der Waals surface area (Å²) in [6.07, 6.45) is 2.80. The summed E-state index contributed by atoms with van der Waals surface area (Å²) in [4.78, 5) is 4.42. The number of nitrogens with zero attached hydrogens (tertiary/aromatic N) is 1. The molecule has 0 aliphatic carbocycles. The van der Waals surface area contributed by atoms with Gasteiger partial charge in [-0.2, -0.15) is 0 Å². The first-order valence-corrected chi connectivity index (χ1v) is 7.54. The minimum atomic E-state index is -0.117. The first kappa shape index (κ1) is 15.6. The Morgan fingerprint density at radius 3 is 2.67 bits per heavy atom. The minimum Gasteiger partial charge on any atom is -0.309 e. The van der Waals surface area contributed by atoms with Crippen molar-refractivity contribution in [1.82, 2.24) is 10.3 Å². The van der Waals surface area contributed by atoms with Gasteiger partial charge < -0.3 is 5.32 Å². The summed E-state index contributed by atoms with van der Waals surface area (Å²) in [6, 6.07) is 11.4. The fourth-order valence-electron chi connectivity index (χ4n) is 2.58. The summed E-state index contributed by atoms with van der Waals surface area (Å²) in [5.41, 5.74) is 2.39. The van der Waals surface area contributed by atoms with Gasteiger partial charge in [-0.3, -0.25) is 4.98 Å². The van der Waals surface area contributed by atoms with Crippen LogP contribution in [0.3, 0.4) is 0 Å². The Hall–Kier alpha value is -1.74. The van der Waals surface area contributed by atoms with E-state index in [9.17, 15) is 4.39 Å². The van der Waals surface area contributed by atoms with Crippen LogP contribution >= 0.6 is 0 Å². The second-order valence-corrected chi connectivity index (χ2v) is 5.45. The largest absolute Gasteiger partial charge is 0.309 e. The third-order valence-corrected chi connectivity index (χ3v) is 3.83. The van der Waals surface area contributed by atoms with E-state index in [1.807, 2.05) is 30.3 Å². The van der Waals surface area contributed by atoms with Gasteiger partial charge in [0.25, 0.3) is 0 Å². The topological polar surface area (TPSA) is 24.9 Å². The average molecular weight is 286 g/mol. The molecule has 2 unspecified atom stereocenters. The molecule has 2 aromatic rings. The van der Waals surface area contributed by atoms with Gasteiger partial charge in [0.1, 0.15) is 5.82 Å². The highest BCUT2D eigenvalue weighted by molar-refractivity contribution is 5.30. The van der Waals surface area contributed by atoms with Crippen molar-refractivity contribution in [1.29, 1.82) is 0 Å². The van der Waals surface area contributed by atoms with Gasteiger partial charge in [0.05, 0.1) is 0 Å². The van der Waals surface area contributed by atoms with Crippen molar-refractivity contribution in [2.45, 2.75) is 39.2 Å². The summed E-state index contributed by atoms with van der Waals surface area (Å²) in [5, 5.41) is 3.47. The molecule has 0 amide bonds. The summed E-state index contributed by atoms with van der Waals surface area (Å²) in [5.74, 6) is -0.0112. The molecular weight excluding hydrogens is 263 g/mol. The standard InChI is InChI=1S/C18H23FN2/c1-4-11-21-18(14(3)16-10-5-6-12-20-16)15-9-7-8-13(2)17(15)19/h5-10,12,14,18,21H,4,11H2,1-3H3. The van der Waals surface area contributed by atoms with Crippen molar-refractivity contribution in [3.63, 3.8) is 0 Å². The van der Waals surface area contributed by atoms with Gasteiger partial charge in [-0.25, -0.2) is 4.39 Å². The Morgan fingerprint density at radius 2 is 2.00 bits per heavy atom. The normalized spacial score (nSPS) is 13.9. The van der Waals surface area contributed by atoms with Crippen molar-refractivity contribution in [2.24, 2.45) is 0 Å². The maximum Gasteiger partial charge on any atom is 0.130 e. The van der Waals surface area contributed by atoms with E-state index in [4.69, 9.17) is 0 Å². The van der Waals surface area contributed by atoms with Crippen molar-refractivity contribution < 1.29 is 4.39 Å². The Kier molecular flexibility index (Phi) is 5.45. The minimum absolute atomic E-state index is 0.0697. The zero-order valence-corrected chi connectivity index (χ0v) is 12.9. The molecule has 0 spiro atoms. The molecule has 0 aliphatic rings. The number of benzene rings is 1. The second-order valence-electron chi connectivity index (χ2n) is 5.45. The molecule has 3 heteroatoms. The van der Waals surface area contributed by atoms with Gasteiger partial charge in [0.2, 0.25) is 0 Å². The van der Waals surface area contributed by atoms with Crippen LogP contribution in [0, 0.1) is 12.7 Å². The summed E-state index contributed by atoms with van der Waals surface area (Å²) >= 11 is 0. The Bertz CT molecular complexity index is 569. The predicted molar refractivity (Wildman–Crippen MR) is 84.8 cm³/mol. The SMILES string of the molecule is CCCNC(c1cccc(C)c1F)C(C)c1ccccn1. The van der Waals surface area contributed by atoms with E-state index in [2.05, 4.69) is 24.1 Å². The third-order valence-electron chi connectivity index (χ3n) is 3.83. The molecule has 1 aromatic carbocycles. The Morgan fingerprint density at radius 1 is 1.19 bits per heavy atom. The highest BCUT2D eigenvalue weighted by Gasteiger charge is 2.24. The average Bonchev–Trinajstić information content (AvgIpc) is 2.52. The molecule has 21 heavy (non-hydrogen) atoms. The smallest absolute Gasteiger partial charge is 0.130 e. The van der Waals surface area contributed by atoms with E-state index >= 15 is 0 Å². The maximum atomic E-state index is 14.5. The molecular formula is C18H23FN2. The van der Waals surface area contributed by atoms with Crippen LogP contribution in [0.5, 0.6) is 0 Å². The molecule has 2 rings (SSSR count). The van der Waals surface area contributed by atoms with Crippen LogP contribution in [0.2, 0.25) is 0 Å².